The van der Waals surface area contributed by atoms with E-state index in [1.54, 1.807) is 11.8 Å². The van der Waals surface area contributed by atoms with Crippen LogP contribution in [0.2, 0.25) is 0 Å². The summed E-state index contributed by atoms with van der Waals surface area (Å²) in [5, 5.41) is 0.988. The van der Waals surface area contributed by atoms with Crippen LogP contribution in [0.25, 0.3) is 0 Å². The molecule has 0 spiro atoms. The van der Waals surface area contributed by atoms with E-state index in [4.69, 9.17) is 0 Å². The fourth-order valence-corrected chi connectivity index (χ4v) is 3.00. The average Bonchev–Trinajstić information content (AvgIpc) is 2.87. The van der Waals surface area contributed by atoms with Crippen molar-refractivity contribution in [3.05, 3.63) is 29.8 Å². The zero-order chi connectivity index (χ0) is 12.3. The Labute approximate surface area is 115 Å². The van der Waals surface area contributed by atoms with Gasteiger partial charge >= 0.3 is 0 Å². The first-order valence-corrected chi connectivity index (χ1v) is 8.08. The number of rotatable bonds is 3. The van der Waals surface area contributed by atoms with E-state index in [9.17, 15) is 4.79 Å². The van der Waals surface area contributed by atoms with Crippen LogP contribution in [0, 0.1) is 5.92 Å². The van der Waals surface area contributed by atoms with Gasteiger partial charge in [0.05, 0.1) is 0 Å². The molecule has 1 aromatic rings. The maximum Gasteiger partial charge on any atom is 0.253 e. The van der Waals surface area contributed by atoms with Crippen molar-refractivity contribution in [2.75, 3.05) is 24.7 Å². The lowest BCUT2D eigenvalue weighted by molar-refractivity contribution is 0.0788. The van der Waals surface area contributed by atoms with Gasteiger partial charge in [-0.25, -0.2) is 0 Å². The van der Waals surface area contributed by atoms with Gasteiger partial charge < -0.3 is 4.90 Å². The molecule has 2 nitrogen and oxygen atoms in total. The second-order valence-electron chi connectivity index (χ2n) is 4.29. The fraction of sp³-hybridized carbons (Fsp3) is 0.462. The van der Waals surface area contributed by atoms with E-state index in [1.165, 1.54) is 4.90 Å². The van der Waals surface area contributed by atoms with Crippen LogP contribution in [-0.2, 0) is 0 Å². The Morgan fingerprint density at radius 3 is 2.71 bits per heavy atom. The number of likely N-dealkylation sites (tertiary alicyclic amines) is 1. The monoisotopic (exact) mass is 313 g/mol. The number of benzene rings is 1. The predicted molar refractivity (Wildman–Crippen MR) is 76.0 cm³/mol. The van der Waals surface area contributed by atoms with Crippen LogP contribution in [0.1, 0.15) is 16.8 Å². The molecule has 1 saturated heterocycles. The molecule has 2 rings (SSSR count). The van der Waals surface area contributed by atoms with Crippen LogP contribution >= 0.6 is 27.7 Å². The molecular weight excluding hydrogens is 298 g/mol. The number of halogens is 1. The maximum atomic E-state index is 12.2. The summed E-state index contributed by atoms with van der Waals surface area (Å²) in [6.07, 6.45) is 3.15. The van der Waals surface area contributed by atoms with Crippen LogP contribution in [-0.4, -0.2) is 35.5 Å². The minimum absolute atomic E-state index is 0.168. The third-order valence-corrected chi connectivity index (χ3v) is 4.79. The molecule has 0 bridgehead atoms. The lowest BCUT2D eigenvalue weighted by Crippen LogP contribution is -2.28. The zero-order valence-corrected chi connectivity index (χ0v) is 12.3. The quantitative estimate of drug-likeness (QED) is 0.630. The molecule has 1 heterocycles. The molecule has 92 valence electrons. The van der Waals surface area contributed by atoms with Crippen LogP contribution < -0.4 is 0 Å². The Hall–Kier alpha value is -0.480. The number of nitrogens with zero attached hydrogens (tertiary/aromatic N) is 1. The van der Waals surface area contributed by atoms with Crippen molar-refractivity contribution >= 4 is 33.6 Å². The molecule has 1 amide bonds. The van der Waals surface area contributed by atoms with Crippen molar-refractivity contribution in [2.45, 2.75) is 11.3 Å². The van der Waals surface area contributed by atoms with Crippen molar-refractivity contribution in [3.8, 4) is 0 Å². The van der Waals surface area contributed by atoms with Gasteiger partial charge in [0.15, 0.2) is 0 Å². The first-order chi connectivity index (χ1) is 8.24. The summed E-state index contributed by atoms with van der Waals surface area (Å²) in [6.45, 7) is 1.77. The highest BCUT2D eigenvalue weighted by Crippen LogP contribution is 2.21. The van der Waals surface area contributed by atoms with E-state index >= 15 is 0 Å². The number of thioether (sulfide) groups is 1. The molecule has 0 aliphatic carbocycles. The van der Waals surface area contributed by atoms with Crippen molar-refractivity contribution in [2.24, 2.45) is 5.92 Å². The van der Waals surface area contributed by atoms with Gasteiger partial charge in [0.1, 0.15) is 0 Å². The third kappa shape index (κ3) is 3.05. The van der Waals surface area contributed by atoms with Gasteiger partial charge in [-0.1, -0.05) is 15.9 Å². The molecule has 1 atom stereocenters. The first kappa shape index (κ1) is 13.0. The Morgan fingerprint density at radius 2 is 2.18 bits per heavy atom. The van der Waals surface area contributed by atoms with Gasteiger partial charge in [-0.05, 0) is 42.9 Å². The van der Waals surface area contributed by atoms with Gasteiger partial charge in [-0.2, -0.15) is 0 Å². The van der Waals surface area contributed by atoms with Gasteiger partial charge in [0, 0.05) is 28.9 Å². The SMILES string of the molecule is CSc1ccc(C(=O)N2CCC(CBr)C2)cc1. The fourth-order valence-electron chi connectivity index (χ4n) is 2.06. The number of carbonyl (C=O) groups is 1. The average molecular weight is 314 g/mol. The lowest BCUT2D eigenvalue weighted by Gasteiger charge is -2.16. The lowest BCUT2D eigenvalue weighted by atomic mass is 10.2. The minimum Gasteiger partial charge on any atom is -0.338 e. The van der Waals surface area contributed by atoms with Gasteiger partial charge in [-0.15, -0.1) is 11.8 Å². The molecule has 4 heteroatoms. The van der Waals surface area contributed by atoms with E-state index in [0.29, 0.717) is 5.92 Å². The highest BCUT2D eigenvalue weighted by atomic mass is 79.9. The van der Waals surface area contributed by atoms with Crippen molar-refractivity contribution in [3.63, 3.8) is 0 Å². The second kappa shape index (κ2) is 5.91. The molecular formula is C13H16BrNOS. The summed E-state index contributed by atoms with van der Waals surface area (Å²) in [7, 11) is 0. The maximum absolute atomic E-state index is 12.2. The first-order valence-electron chi connectivity index (χ1n) is 5.74. The smallest absolute Gasteiger partial charge is 0.253 e. The molecule has 0 saturated carbocycles. The van der Waals surface area contributed by atoms with Gasteiger partial charge in [-0.3, -0.25) is 4.79 Å². The van der Waals surface area contributed by atoms with Crippen molar-refractivity contribution in [1.29, 1.82) is 0 Å². The Kier molecular flexibility index (Phi) is 4.51. The molecule has 17 heavy (non-hydrogen) atoms. The minimum atomic E-state index is 0.168. The highest BCUT2D eigenvalue weighted by molar-refractivity contribution is 9.09. The number of hydrogen-bond donors (Lipinski definition) is 0. The van der Waals surface area contributed by atoms with E-state index in [2.05, 4.69) is 15.9 Å². The Morgan fingerprint density at radius 1 is 1.47 bits per heavy atom. The highest BCUT2D eigenvalue weighted by Gasteiger charge is 2.25. The summed E-state index contributed by atoms with van der Waals surface area (Å²) in [4.78, 5) is 15.4. The molecule has 1 aromatic carbocycles. The van der Waals surface area contributed by atoms with Crippen LogP contribution in [0.3, 0.4) is 0 Å². The Balaban J connectivity index is 2.04. The Bertz CT molecular complexity index is 393. The largest absolute Gasteiger partial charge is 0.338 e. The van der Waals surface area contributed by atoms with E-state index in [1.807, 2.05) is 35.4 Å². The predicted octanol–water partition coefficient (Wildman–Crippen LogP) is 3.27. The van der Waals surface area contributed by atoms with Gasteiger partial charge in [0.25, 0.3) is 5.91 Å². The molecule has 1 aliphatic heterocycles. The van der Waals surface area contributed by atoms with Crippen LogP contribution in [0.5, 0.6) is 0 Å². The molecule has 1 fully saturated rings. The summed E-state index contributed by atoms with van der Waals surface area (Å²) in [5.41, 5.74) is 0.804. The van der Waals surface area contributed by atoms with E-state index < -0.39 is 0 Å². The molecule has 1 aliphatic rings. The molecule has 1 unspecified atom stereocenters. The zero-order valence-electron chi connectivity index (χ0n) is 9.86. The second-order valence-corrected chi connectivity index (χ2v) is 5.82. The molecule has 0 radical (unpaired) electrons. The van der Waals surface area contributed by atoms with Crippen LogP contribution in [0.4, 0.5) is 0 Å². The van der Waals surface area contributed by atoms with Crippen LogP contribution in [0.15, 0.2) is 29.2 Å². The summed E-state index contributed by atoms with van der Waals surface area (Å²) < 4.78 is 0. The van der Waals surface area contributed by atoms with E-state index in [-0.39, 0.29) is 5.91 Å². The topological polar surface area (TPSA) is 20.3 Å². The summed E-state index contributed by atoms with van der Waals surface area (Å²) in [6, 6.07) is 7.87. The summed E-state index contributed by atoms with van der Waals surface area (Å²) >= 11 is 5.18. The summed E-state index contributed by atoms with van der Waals surface area (Å²) in [5.74, 6) is 0.783. The normalized spacial score (nSPS) is 19.6. The van der Waals surface area contributed by atoms with Crippen molar-refractivity contribution in [1.82, 2.24) is 4.90 Å². The number of hydrogen-bond acceptors (Lipinski definition) is 2. The van der Waals surface area contributed by atoms with E-state index in [0.717, 1.165) is 30.4 Å². The number of carbonyl (C=O) groups excluding carboxylic acids is 1. The molecule has 0 N–H and O–H groups in total. The standard InChI is InChI=1S/C13H16BrNOS/c1-17-12-4-2-11(3-5-12)13(16)15-7-6-10(8-14)9-15/h2-5,10H,6-9H2,1H3. The number of alkyl halides is 1. The van der Waals surface area contributed by atoms with Crippen molar-refractivity contribution < 1.29 is 4.79 Å². The van der Waals surface area contributed by atoms with Gasteiger partial charge in [0.2, 0.25) is 0 Å². The molecule has 0 aromatic heterocycles. The third-order valence-electron chi connectivity index (χ3n) is 3.13. The number of amides is 1.